The van der Waals surface area contributed by atoms with Crippen molar-refractivity contribution in [2.24, 2.45) is 0 Å². The highest BCUT2D eigenvalue weighted by Gasteiger charge is 2.18. The van der Waals surface area contributed by atoms with E-state index in [0.717, 1.165) is 0 Å². The van der Waals surface area contributed by atoms with E-state index in [9.17, 15) is 14.0 Å². The molecule has 1 amide bonds. The quantitative estimate of drug-likeness (QED) is 0.766. The van der Waals surface area contributed by atoms with E-state index in [1.807, 2.05) is 0 Å². The van der Waals surface area contributed by atoms with Crippen molar-refractivity contribution in [3.63, 3.8) is 0 Å². The Kier molecular flexibility index (Phi) is 6.77. The summed E-state index contributed by atoms with van der Waals surface area (Å²) in [6, 6.07) is 12.6. The predicted molar refractivity (Wildman–Crippen MR) is 90.7 cm³/mol. The van der Waals surface area contributed by atoms with Crippen molar-refractivity contribution in [1.82, 2.24) is 5.32 Å². The molecule has 0 bridgehead atoms. The van der Waals surface area contributed by atoms with Crippen molar-refractivity contribution < 1.29 is 23.5 Å². The lowest BCUT2D eigenvalue weighted by molar-refractivity contribution is -0.154. The van der Waals surface area contributed by atoms with Crippen LogP contribution in [0.2, 0.25) is 5.02 Å². The number of hydrogen-bond acceptors (Lipinski definition) is 4. The fraction of sp³-hybridized carbons (Fsp3) is 0.222. The Morgan fingerprint density at radius 2 is 1.84 bits per heavy atom. The molecule has 0 aromatic heterocycles. The number of rotatable bonds is 7. The summed E-state index contributed by atoms with van der Waals surface area (Å²) in [7, 11) is 0. The molecular formula is C18H17ClFNO4. The van der Waals surface area contributed by atoms with Crippen molar-refractivity contribution >= 4 is 23.5 Å². The zero-order valence-electron chi connectivity index (χ0n) is 13.5. The molecule has 0 spiro atoms. The Labute approximate surface area is 149 Å². The predicted octanol–water partition coefficient (Wildman–Crippen LogP) is 3.11. The van der Waals surface area contributed by atoms with Gasteiger partial charge in [0.1, 0.15) is 11.6 Å². The van der Waals surface area contributed by atoms with Crippen LogP contribution in [-0.4, -0.2) is 24.6 Å². The summed E-state index contributed by atoms with van der Waals surface area (Å²) in [6.45, 7) is 1.05. The van der Waals surface area contributed by atoms with E-state index in [4.69, 9.17) is 21.1 Å². The standard InChI is InChI=1S/C18H17ClFNO4/c1-12(25-15-8-6-14(19)7-9-15)18(23)24-11-17(22)21-10-13-4-2-3-5-16(13)20/h2-9,12H,10-11H2,1H3,(H,21,22)/t12-/m1/s1. The minimum atomic E-state index is -0.888. The lowest BCUT2D eigenvalue weighted by Gasteiger charge is -2.14. The lowest BCUT2D eigenvalue weighted by Crippen LogP contribution is -2.32. The lowest BCUT2D eigenvalue weighted by atomic mass is 10.2. The Balaban J connectivity index is 1.74. The SMILES string of the molecule is C[C@@H](Oc1ccc(Cl)cc1)C(=O)OCC(=O)NCc1ccccc1F. The molecule has 0 aliphatic carbocycles. The van der Waals surface area contributed by atoms with E-state index in [2.05, 4.69) is 5.32 Å². The molecule has 0 aliphatic heterocycles. The van der Waals surface area contributed by atoms with Crippen LogP contribution in [0.15, 0.2) is 48.5 Å². The smallest absolute Gasteiger partial charge is 0.347 e. The molecule has 0 saturated heterocycles. The first-order valence-corrected chi connectivity index (χ1v) is 7.92. The fourth-order valence-corrected chi connectivity index (χ4v) is 2.03. The number of carbonyl (C=O) groups excluding carboxylic acids is 2. The molecule has 132 valence electrons. The summed E-state index contributed by atoms with van der Waals surface area (Å²) >= 11 is 5.76. The first-order chi connectivity index (χ1) is 12.0. The van der Waals surface area contributed by atoms with Crippen LogP contribution in [0.5, 0.6) is 5.75 Å². The number of carbonyl (C=O) groups is 2. The number of nitrogens with one attached hydrogen (secondary N) is 1. The highest BCUT2D eigenvalue weighted by molar-refractivity contribution is 6.30. The van der Waals surface area contributed by atoms with Gasteiger partial charge in [0.25, 0.3) is 5.91 Å². The van der Waals surface area contributed by atoms with Crippen molar-refractivity contribution in [1.29, 1.82) is 0 Å². The molecule has 0 aliphatic rings. The van der Waals surface area contributed by atoms with E-state index < -0.39 is 30.4 Å². The number of hydrogen-bond donors (Lipinski definition) is 1. The maximum atomic E-state index is 13.4. The van der Waals surface area contributed by atoms with Gasteiger partial charge in [-0.05, 0) is 37.3 Å². The zero-order chi connectivity index (χ0) is 18.2. The van der Waals surface area contributed by atoms with Crippen molar-refractivity contribution in [3.05, 3.63) is 64.9 Å². The Morgan fingerprint density at radius 3 is 2.52 bits per heavy atom. The van der Waals surface area contributed by atoms with E-state index in [0.29, 0.717) is 16.3 Å². The maximum Gasteiger partial charge on any atom is 0.347 e. The number of halogens is 2. The van der Waals surface area contributed by atoms with Crippen molar-refractivity contribution in [3.8, 4) is 5.75 Å². The minimum absolute atomic E-state index is 0.0138. The van der Waals surface area contributed by atoms with Crippen molar-refractivity contribution in [2.75, 3.05) is 6.61 Å². The molecule has 2 aromatic carbocycles. The minimum Gasteiger partial charge on any atom is -0.479 e. The molecule has 0 radical (unpaired) electrons. The van der Waals surface area contributed by atoms with Crippen LogP contribution in [0.3, 0.4) is 0 Å². The molecule has 0 heterocycles. The van der Waals surface area contributed by atoms with Gasteiger partial charge in [-0.3, -0.25) is 4.79 Å². The van der Waals surface area contributed by atoms with Gasteiger partial charge in [0, 0.05) is 17.1 Å². The van der Waals surface area contributed by atoms with Crippen LogP contribution in [0.4, 0.5) is 4.39 Å². The molecule has 7 heteroatoms. The largest absolute Gasteiger partial charge is 0.479 e. The molecule has 0 unspecified atom stereocenters. The average molecular weight is 366 g/mol. The second-order valence-electron chi connectivity index (χ2n) is 5.19. The van der Waals surface area contributed by atoms with E-state index in [1.54, 1.807) is 42.5 Å². The van der Waals surface area contributed by atoms with Gasteiger partial charge < -0.3 is 14.8 Å². The van der Waals surface area contributed by atoms with Crippen LogP contribution in [-0.2, 0) is 20.9 Å². The van der Waals surface area contributed by atoms with Gasteiger partial charge in [-0.1, -0.05) is 29.8 Å². The topological polar surface area (TPSA) is 64.6 Å². The van der Waals surface area contributed by atoms with E-state index in [-0.39, 0.29) is 6.54 Å². The van der Waals surface area contributed by atoms with Gasteiger partial charge >= 0.3 is 5.97 Å². The van der Waals surface area contributed by atoms with Crippen LogP contribution in [0.25, 0.3) is 0 Å². The molecule has 5 nitrogen and oxygen atoms in total. The Hall–Kier alpha value is -2.60. The monoisotopic (exact) mass is 365 g/mol. The van der Waals surface area contributed by atoms with Gasteiger partial charge in [0.2, 0.25) is 0 Å². The summed E-state index contributed by atoms with van der Waals surface area (Å²) in [4.78, 5) is 23.5. The molecule has 0 saturated carbocycles. The summed E-state index contributed by atoms with van der Waals surface area (Å²) in [5.74, 6) is -1.17. The van der Waals surface area contributed by atoms with Gasteiger partial charge in [0.15, 0.2) is 12.7 Å². The number of amides is 1. The first-order valence-electron chi connectivity index (χ1n) is 7.54. The van der Waals surface area contributed by atoms with E-state index >= 15 is 0 Å². The second-order valence-corrected chi connectivity index (χ2v) is 5.63. The van der Waals surface area contributed by atoms with E-state index in [1.165, 1.54) is 13.0 Å². The summed E-state index contributed by atoms with van der Waals surface area (Å²) in [5.41, 5.74) is 0.349. The van der Waals surface area contributed by atoms with Crippen LogP contribution in [0.1, 0.15) is 12.5 Å². The van der Waals surface area contributed by atoms with Gasteiger partial charge in [0.05, 0.1) is 0 Å². The molecule has 1 N–H and O–H groups in total. The number of ether oxygens (including phenoxy) is 2. The number of esters is 1. The summed E-state index contributed by atoms with van der Waals surface area (Å²) in [6.07, 6.45) is -0.888. The molecule has 1 atom stereocenters. The third-order valence-corrected chi connectivity index (χ3v) is 3.49. The highest BCUT2D eigenvalue weighted by atomic mass is 35.5. The second kappa shape index (κ2) is 9.03. The van der Waals surface area contributed by atoms with Gasteiger partial charge in [-0.15, -0.1) is 0 Å². The molecule has 0 fully saturated rings. The zero-order valence-corrected chi connectivity index (χ0v) is 14.3. The Bertz CT molecular complexity index is 736. The normalized spacial score (nSPS) is 11.5. The molecular weight excluding hydrogens is 349 g/mol. The average Bonchev–Trinajstić information content (AvgIpc) is 2.60. The molecule has 2 aromatic rings. The first kappa shape index (κ1) is 18.7. The molecule has 25 heavy (non-hydrogen) atoms. The highest BCUT2D eigenvalue weighted by Crippen LogP contribution is 2.17. The summed E-state index contributed by atoms with van der Waals surface area (Å²) < 4.78 is 23.7. The van der Waals surface area contributed by atoms with Crippen LogP contribution < -0.4 is 10.1 Å². The Morgan fingerprint density at radius 1 is 1.16 bits per heavy atom. The fourth-order valence-electron chi connectivity index (χ4n) is 1.91. The van der Waals surface area contributed by atoms with Gasteiger partial charge in [-0.2, -0.15) is 0 Å². The third kappa shape index (κ3) is 6.08. The maximum absolute atomic E-state index is 13.4. The van der Waals surface area contributed by atoms with Gasteiger partial charge in [-0.25, -0.2) is 9.18 Å². The third-order valence-electron chi connectivity index (χ3n) is 3.24. The molecule has 2 rings (SSSR count). The summed E-state index contributed by atoms with van der Waals surface area (Å²) in [5, 5.41) is 3.03. The van der Waals surface area contributed by atoms with Crippen LogP contribution in [0, 0.1) is 5.82 Å². The van der Waals surface area contributed by atoms with Crippen molar-refractivity contribution in [2.45, 2.75) is 19.6 Å². The van der Waals surface area contributed by atoms with Crippen LogP contribution >= 0.6 is 11.6 Å². The number of benzene rings is 2.